The maximum Gasteiger partial charge on any atom is 0.257 e. The second-order valence-corrected chi connectivity index (χ2v) is 6.47. The molecule has 140 valence electrons. The zero-order valence-electron chi connectivity index (χ0n) is 14.3. The number of benzene rings is 1. The summed E-state index contributed by atoms with van der Waals surface area (Å²) < 4.78 is 27.5. The molecule has 0 radical (unpaired) electrons. The Bertz CT molecular complexity index is 608. The van der Waals surface area contributed by atoms with Crippen molar-refractivity contribution < 1.29 is 18.4 Å². The number of nitrogens with two attached hydrogens (primary N) is 1. The number of hydrogen-bond acceptors (Lipinski definition) is 3. The fourth-order valence-corrected chi connectivity index (χ4v) is 2.86. The van der Waals surface area contributed by atoms with Gasteiger partial charge < -0.3 is 16.0 Å². The van der Waals surface area contributed by atoms with Gasteiger partial charge in [0.2, 0.25) is 5.91 Å². The van der Waals surface area contributed by atoms with Gasteiger partial charge in [0.15, 0.2) is 0 Å². The molecular weight excluding hydrogens is 352 g/mol. The Morgan fingerprint density at radius 1 is 1.32 bits per heavy atom. The van der Waals surface area contributed by atoms with E-state index in [0.29, 0.717) is 19.6 Å². The SMILES string of the molecule is CC(C)C(NC(=O)c1c(F)cccc1F)C(=O)N1CCC(CN)C1.Cl. The molecule has 0 aromatic heterocycles. The monoisotopic (exact) mass is 375 g/mol. The number of rotatable bonds is 5. The number of amides is 2. The third-order valence-corrected chi connectivity index (χ3v) is 4.34. The smallest absolute Gasteiger partial charge is 0.257 e. The Morgan fingerprint density at radius 2 is 1.92 bits per heavy atom. The predicted molar refractivity (Wildman–Crippen MR) is 93.4 cm³/mol. The molecule has 0 aliphatic carbocycles. The molecule has 0 bridgehead atoms. The van der Waals surface area contributed by atoms with Gasteiger partial charge in [-0.25, -0.2) is 8.78 Å². The molecule has 1 fully saturated rings. The van der Waals surface area contributed by atoms with Crippen LogP contribution in [0, 0.1) is 23.5 Å². The molecule has 2 atom stereocenters. The lowest BCUT2D eigenvalue weighted by molar-refractivity contribution is -0.133. The summed E-state index contributed by atoms with van der Waals surface area (Å²) in [6.07, 6.45) is 0.822. The Balaban J connectivity index is 0.00000312. The van der Waals surface area contributed by atoms with Crippen LogP contribution in [0.25, 0.3) is 0 Å². The van der Waals surface area contributed by atoms with E-state index in [0.717, 1.165) is 18.6 Å². The zero-order chi connectivity index (χ0) is 17.9. The van der Waals surface area contributed by atoms with Crippen LogP contribution in [0.4, 0.5) is 8.78 Å². The van der Waals surface area contributed by atoms with Gasteiger partial charge in [-0.3, -0.25) is 9.59 Å². The summed E-state index contributed by atoms with van der Waals surface area (Å²) in [6, 6.07) is 2.37. The molecule has 2 unspecified atom stereocenters. The molecule has 25 heavy (non-hydrogen) atoms. The summed E-state index contributed by atoms with van der Waals surface area (Å²) in [4.78, 5) is 26.6. The van der Waals surface area contributed by atoms with Crippen molar-refractivity contribution in [3.8, 4) is 0 Å². The number of halogens is 3. The van der Waals surface area contributed by atoms with E-state index in [1.807, 2.05) is 0 Å². The number of hydrogen-bond donors (Lipinski definition) is 2. The van der Waals surface area contributed by atoms with Gasteiger partial charge in [0.25, 0.3) is 5.91 Å². The quantitative estimate of drug-likeness (QED) is 0.826. The van der Waals surface area contributed by atoms with Crippen molar-refractivity contribution in [1.82, 2.24) is 10.2 Å². The highest BCUT2D eigenvalue weighted by molar-refractivity contribution is 5.98. The molecule has 1 saturated heterocycles. The first kappa shape index (κ1) is 21.3. The van der Waals surface area contributed by atoms with Gasteiger partial charge in [-0.2, -0.15) is 0 Å². The second kappa shape index (κ2) is 9.10. The minimum atomic E-state index is -0.952. The first-order valence-electron chi connectivity index (χ1n) is 8.08. The summed E-state index contributed by atoms with van der Waals surface area (Å²) in [5.74, 6) is -3.04. The highest BCUT2D eigenvalue weighted by atomic mass is 35.5. The van der Waals surface area contributed by atoms with E-state index in [1.54, 1.807) is 18.7 Å². The number of carbonyl (C=O) groups excluding carboxylic acids is 2. The molecular formula is C17H24ClF2N3O2. The van der Waals surface area contributed by atoms with Crippen LogP contribution in [0.2, 0.25) is 0 Å². The van der Waals surface area contributed by atoms with Crippen LogP contribution in [-0.2, 0) is 4.79 Å². The summed E-state index contributed by atoms with van der Waals surface area (Å²) in [7, 11) is 0. The van der Waals surface area contributed by atoms with Gasteiger partial charge in [-0.15, -0.1) is 12.4 Å². The van der Waals surface area contributed by atoms with Crippen molar-refractivity contribution >= 4 is 24.2 Å². The van der Waals surface area contributed by atoms with Gasteiger partial charge in [0.05, 0.1) is 0 Å². The van der Waals surface area contributed by atoms with E-state index in [-0.39, 0.29) is 30.2 Å². The van der Waals surface area contributed by atoms with Crippen LogP contribution in [-0.4, -0.2) is 42.4 Å². The van der Waals surface area contributed by atoms with E-state index in [9.17, 15) is 18.4 Å². The molecule has 2 rings (SSSR count). The maximum atomic E-state index is 13.7. The van der Waals surface area contributed by atoms with Crippen molar-refractivity contribution in [2.24, 2.45) is 17.6 Å². The van der Waals surface area contributed by atoms with Crippen molar-refractivity contribution in [3.63, 3.8) is 0 Å². The minimum absolute atomic E-state index is 0. The first-order chi connectivity index (χ1) is 11.3. The highest BCUT2D eigenvalue weighted by Crippen LogP contribution is 2.19. The average molecular weight is 376 g/mol. The van der Waals surface area contributed by atoms with Gasteiger partial charge >= 0.3 is 0 Å². The molecule has 0 spiro atoms. The van der Waals surface area contributed by atoms with Crippen molar-refractivity contribution in [3.05, 3.63) is 35.4 Å². The number of likely N-dealkylation sites (tertiary alicyclic amines) is 1. The van der Waals surface area contributed by atoms with Crippen LogP contribution < -0.4 is 11.1 Å². The Kier molecular flexibility index (Phi) is 7.76. The minimum Gasteiger partial charge on any atom is -0.341 e. The van der Waals surface area contributed by atoms with E-state index in [4.69, 9.17) is 5.73 Å². The third-order valence-electron chi connectivity index (χ3n) is 4.34. The van der Waals surface area contributed by atoms with Crippen molar-refractivity contribution in [2.45, 2.75) is 26.3 Å². The number of carbonyl (C=O) groups is 2. The molecule has 8 heteroatoms. The molecule has 1 aliphatic heterocycles. The van der Waals surface area contributed by atoms with Crippen LogP contribution in [0.3, 0.4) is 0 Å². The number of nitrogens with one attached hydrogen (secondary N) is 1. The fraction of sp³-hybridized carbons (Fsp3) is 0.529. The maximum absolute atomic E-state index is 13.7. The summed E-state index contributed by atoms with van der Waals surface area (Å²) in [5.41, 5.74) is 4.96. The Hall–Kier alpha value is -1.73. The van der Waals surface area contributed by atoms with Gasteiger partial charge in [-0.05, 0) is 36.9 Å². The van der Waals surface area contributed by atoms with Crippen LogP contribution >= 0.6 is 12.4 Å². The normalized spacial score (nSPS) is 18.0. The molecule has 1 heterocycles. The summed E-state index contributed by atoms with van der Waals surface area (Å²) >= 11 is 0. The molecule has 3 N–H and O–H groups in total. The van der Waals surface area contributed by atoms with E-state index < -0.39 is 29.1 Å². The summed E-state index contributed by atoms with van der Waals surface area (Å²) in [5, 5.41) is 2.48. The average Bonchev–Trinajstić information content (AvgIpc) is 3.00. The van der Waals surface area contributed by atoms with Gasteiger partial charge in [0.1, 0.15) is 23.2 Å². The molecule has 1 aliphatic rings. The van der Waals surface area contributed by atoms with Crippen LogP contribution in [0.1, 0.15) is 30.6 Å². The third kappa shape index (κ3) is 4.89. The van der Waals surface area contributed by atoms with Crippen LogP contribution in [0.5, 0.6) is 0 Å². The Labute approximate surface area is 152 Å². The standard InChI is InChI=1S/C17H23F2N3O2.ClH/c1-10(2)15(17(24)22-7-6-11(8-20)9-22)21-16(23)14-12(18)4-3-5-13(14)19;/h3-5,10-11,15H,6-9,20H2,1-2H3,(H,21,23);1H. The topological polar surface area (TPSA) is 75.4 Å². The predicted octanol–water partition coefficient (Wildman–Crippen LogP) is 1.95. The fourth-order valence-electron chi connectivity index (χ4n) is 2.86. The number of nitrogens with zero attached hydrogens (tertiary/aromatic N) is 1. The lowest BCUT2D eigenvalue weighted by atomic mass is 10.0. The van der Waals surface area contributed by atoms with E-state index in [2.05, 4.69) is 5.32 Å². The molecule has 1 aromatic carbocycles. The Morgan fingerprint density at radius 3 is 2.40 bits per heavy atom. The van der Waals surface area contributed by atoms with Crippen molar-refractivity contribution in [1.29, 1.82) is 0 Å². The molecule has 0 saturated carbocycles. The van der Waals surface area contributed by atoms with Crippen LogP contribution in [0.15, 0.2) is 18.2 Å². The van der Waals surface area contributed by atoms with Crippen molar-refractivity contribution in [2.75, 3.05) is 19.6 Å². The lowest BCUT2D eigenvalue weighted by Gasteiger charge is -2.27. The molecule has 1 aromatic rings. The molecule has 5 nitrogen and oxygen atoms in total. The molecule has 2 amide bonds. The summed E-state index contributed by atoms with van der Waals surface area (Å²) in [6.45, 7) is 5.17. The lowest BCUT2D eigenvalue weighted by Crippen LogP contribution is -2.51. The van der Waals surface area contributed by atoms with E-state index >= 15 is 0 Å². The largest absolute Gasteiger partial charge is 0.341 e. The second-order valence-electron chi connectivity index (χ2n) is 6.47. The van der Waals surface area contributed by atoms with E-state index in [1.165, 1.54) is 6.07 Å². The highest BCUT2D eigenvalue weighted by Gasteiger charge is 2.33. The van der Waals surface area contributed by atoms with Gasteiger partial charge in [0, 0.05) is 13.1 Å². The first-order valence-corrected chi connectivity index (χ1v) is 8.08. The van der Waals surface area contributed by atoms with Gasteiger partial charge in [-0.1, -0.05) is 19.9 Å². The zero-order valence-corrected chi connectivity index (χ0v) is 15.1.